The summed E-state index contributed by atoms with van der Waals surface area (Å²) in [5.41, 5.74) is 0.240. The second kappa shape index (κ2) is 7.55. The number of nitrogens with one attached hydrogen (secondary N) is 2. The monoisotopic (exact) mass is 218 g/mol. The number of rotatable bonds is 7. The quantitative estimate of drug-likeness (QED) is 0.640. The van der Waals surface area contributed by atoms with Crippen LogP contribution >= 0.6 is 11.8 Å². The number of hydrogen-bond acceptors (Lipinski definition) is 3. The highest BCUT2D eigenvalue weighted by atomic mass is 32.2. The van der Waals surface area contributed by atoms with Gasteiger partial charge < -0.3 is 10.6 Å². The topological polar surface area (TPSA) is 24.1 Å². The van der Waals surface area contributed by atoms with Gasteiger partial charge in [0.2, 0.25) is 0 Å². The van der Waals surface area contributed by atoms with Crippen LogP contribution < -0.4 is 10.6 Å². The Hall–Kier alpha value is 0.270. The first kappa shape index (κ1) is 14.3. The van der Waals surface area contributed by atoms with Crippen molar-refractivity contribution in [3.8, 4) is 0 Å². The molecule has 1 unspecified atom stereocenters. The summed E-state index contributed by atoms with van der Waals surface area (Å²) in [6, 6.07) is 0.643. The van der Waals surface area contributed by atoms with E-state index in [9.17, 15) is 0 Å². The van der Waals surface area contributed by atoms with E-state index in [-0.39, 0.29) is 5.54 Å². The van der Waals surface area contributed by atoms with E-state index in [2.05, 4.69) is 44.6 Å². The van der Waals surface area contributed by atoms with Gasteiger partial charge in [0.05, 0.1) is 0 Å². The summed E-state index contributed by atoms with van der Waals surface area (Å²) in [5, 5.41) is 6.98. The van der Waals surface area contributed by atoms with Crippen LogP contribution in [-0.2, 0) is 0 Å². The molecule has 2 nitrogen and oxygen atoms in total. The molecule has 0 saturated carbocycles. The highest BCUT2D eigenvalue weighted by Gasteiger charge is 2.07. The molecule has 0 radical (unpaired) electrons. The number of thioether (sulfide) groups is 1. The van der Waals surface area contributed by atoms with Crippen molar-refractivity contribution in [2.45, 2.75) is 45.7 Å². The van der Waals surface area contributed by atoms with Gasteiger partial charge in [0.25, 0.3) is 0 Å². The molecule has 0 aliphatic heterocycles. The minimum absolute atomic E-state index is 0.240. The van der Waals surface area contributed by atoms with Gasteiger partial charge in [-0.2, -0.15) is 11.8 Å². The van der Waals surface area contributed by atoms with Gasteiger partial charge in [-0.05, 0) is 46.1 Å². The Labute approximate surface area is 93.6 Å². The average Bonchev–Trinajstić information content (AvgIpc) is 2.07. The van der Waals surface area contributed by atoms with Crippen LogP contribution in [0.4, 0.5) is 0 Å². The van der Waals surface area contributed by atoms with Gasteiger partial charge in [-0.1, -0.05) is 0 Å². The number of hydrogen-bond donors (Lipinski definition) is 2. The normalized spacial score (nSPS) is 14.4. The van der Waals surface area contributed by atoms with Crippen molar-refractivity contribution in [2.75, 3.05) is 25.1 Å². The van der Waals surface area contributed by atoms with Crippen molar-refractivity contribution in [1.82, 2.24) is 10.6 Å². The van der Waals surface area contributed by atoms with Crippen LogP contribution in [0.3, 0.4) is 0 Å². The maximum Gasteiger partial charge on any atom is 0.00970 e. The standard InChI is InChI=1S/C11H26N2S/c1-10(6-9-14-5)12-7-8-13-11(2,3)4/h10,12-13H,6-9H2,1-5H3. The molecule has 0 rings (SSSR count). The molecule has 0 fully saturated rings. The Morgan fingerprint density at radius 3 is 2.36 bits per heavy atom. The molecule has 0 aromatic carbocycles. The van der Waals surface area contributed by atoms with Crippen LogP contribution in [-0.4, -0.2) is 36.7 Å². The van der Waals surface area contributed by atoms with Crippen LogP contribution in [0.1, 0.15) is 34.1 Å². The fraction of sp³-hybridized carbons (Fsp3) is 1.00. The first-order valence-corrected chi connectivity index (χ1v) is 6.82. The van der Waals surface area contributed by atoms with Crippen LogP contribution in [0, 0.1) is 0 Å². The van der Waals surface area contributed by atoms with Crippen LogP contribution in [0.5, 0.6) is 0 Å². The summed E-state index contributed by atoms with van der Waals surface area (Å²) in [4.78, 5) is 0. The van der Waals surface area contributed by atoms with Gasteiger partial charge in [0.15, 0.2) is 0 Å². The molecule has 3 heteroatoms. The lowest BCUT2D eigenvalue weighted by Crippen LogP contribution is -2.41. The zero-order valence-electron chi connectivity index (χ0n) is 10.3. The van der Waals surface area contributed by atoms with E-state index in [1.54, 1.807) is 0 Å². The van der Waals surface area contributed by atoms with E-state index in [4.69, 9.17) is 0 Å². The summed E-state index contributed by atoms with van der Waals surface area (Å²) < 4.78 is 0. The smallest absolute Gasteiger partial charge is 0.00970 e. The largest absolute Gasteiger partial charge is 0.313 e. The van der Waals surface area contributed by atoms with Crippen molar-refractivity contribution in [1.29, 1.82) is 0 Å². The predicted molar refractivity (Wildman–Crippen MR) is 68.2 cm³/mol. The lowest BCUT2D eigenvalue weighted by atomic mass is 10.1. The summed E-state index contributed by atoms with van der Waals surface area (Å²) in [5.74, 6) is 1.25. The first-order chi connectivity index (χ1) is 6.45. The predicted octanol–water partition coefficient (Wildman–Crippen LogP) is 2.11. The summed E-state index contributed by atoms with van der Waals surface area (Å²) in [6.45, 7) is 11.0. The summed E-state index contributed by atoms with van der Waals surface area (Å²) in [6.07, 6.45) is 3.42. The third-order valence-corrected chi connectivity index (χ3v) is 2.67. The van der Waals surface area contributed by atoms with Gasteiger partial charge in [-0.15, -0.1) is 0 Å². The van der Waals surface area contributed by atoms with E-state index in [1.165, 1.54) is 12.2 Å². The molecule has 0 amide bonds. The Bertz CT molecular complexity index is 132. The fourth-order valence-electron chi connectivity index (χ4n) is 1.15. The van der Waals surface area contributed by atoms with E-state index in [0.717, 1.165) is 13.1 Å². The van der Waals surface area contributed by atoms with Crippen LogP contribution in [0.15, 0.2) is 0 Å². The Morgan fingerprint density at radius 2 is 1.86 bits per heavy atom. The zero-order valence-corrected chi connectivity index (χ0v) is 11.1. The molecule has 0 bridgehead atoms. The van der Waals surface area contributed by atoms with Gasteiger partial charge in [-0.25, -0.2) is 0 Å². The van der Waals surface area contributed by atoms with Gasteiger partial charge in [0, 0.05) is 24.7 Å². The summed E-state index contributed by atoms with van der Waals surface area (Å²) in [7, 11) is 0. The van der Waals surface area contributed by atoms with Crippen molar-refractivity contribution < 1.29 is 0 Å². The molecule has 86 valence electrons. The zero-order chi connectivity index (χ0) is 11.0. The summed E-state index contributed by atoms with van der Waals surface area (Å²) >= 11 is 1.92. The van der Waals surface area contributed by atoms with E-state index in [0.29, 0.717) is 6.04 Å². The van der Waals surface area contributed by atoms with Crippen LogP contribution in [0.2, 0.25) is 0 Å². The highest BCUT2D eigenvalue weighted by molar-refractivity contribution is 7.98. The molecular formula is C11H26N2S. The minimum Gasteiger partial charge on any atom is -0.313 e. The van der Waals surface area contributed by atoms with Gasteiger partial charge in [0.1, 0.15) is 0 Å². The van der Waals surface area contributed by atoms with E-state index < -0.39 is 0 Å². The SMILES string of the molecule is CSCCC(C)NCCNC(C)(C)C. The molecule has 0 spiro atoms. The molecule has 1 atom stereocenters. The van der Waals surface area contributed by atoms with Crippen LogP contribution in [0.25, 0.3) is 0 Å². The Kier molecular flexibility index (Phi) is 7.69. The van der Waals surface area contributed by atoms with Gasteiger partial charge in [-0.3, -0.25) is 0 Å². The third-order valence-electron chi connectivity index (χ3n) is 2.03. The fourth-order valence-corrected chi connectivity index (χ4v) is 1.74. The third kappa shape index (κ3) is 10.4. The Morgan fingerprint density at radius 1 is 1.21 bits per heavy atom. The molecule has 2 N–H and O–H groups in total. The molecule has 0 saturated heterocycles. The lowest BCUT2D eigenvalue weighted by molar-refractivity contribution is 0.411. The van der Waals surface area contributed by atoms with Crippen molar-refractivity contribution >= 4 is 11.8 Å². The molecular weight excluding hydrogens is 192 g/mol. The van der Waals surface area contributed by atoms with Crippen molar-refractivity contribution in [2.24, 2.45) is 0 Å². The lowest BCUT2D eigenvalue weighted by Gasteiger charge is -2.21. The second-order valence-electron chi connectivity index (χ2n) is 4.81. The maximum absolute atomic E-state index is 3.51. The minimum atomic E-state index is 0.240. The average molecular weight is 218 g/mol. The molecule has 14 heavy (non-hydrogen) atoms. The highest BCUT2D eigenvalue weighted by Crippen LogP contribution is 1.99. The van der Waals surface area contributed by atoms with E-state index in [1.807, 2.05) is 11.8 Å². The molecule has 0 heterocycles. The molecule has 0 aromatic rings. The Balaban J connectivity index is 3.27. The molecule has 0 aliphatic rings. The second-order valence-corrected chi connectivity index (χ2v) is 5.80. The first-order valence-electron chi connectivity index (χ1n) is 5.43. The van der Waals surface area contributed by atoms with Crippen molar-refractivity contribution in [3.63, 3.8) is 0 Å². The molecule has 0 aliphatic carbocycles. The van der Waals surface area contributed by atoms with E-state index >= 15 is 0 Å². The van der Waals surface area contributed by atoms with Gasteiger partial charge >= 0.3 is 0 Å². The van der Waals surface area contributed by atoms with Crippen molar-refractivity contribution in [3.05, 3.63) is 0 Å². The molecule has 0 aromatic heterocycles. The maximum atomic E-state index is 3.51.